The maximum Gasteiger partial charge on any atom is 0.121 e. The van der Waals surface area contributed by atoms with E-state index in [0.717, 1.165) is 17.0 Å². The predicted octanol–water partition coefficient (Wildman–Crippen LogP) is 4.30. The van der Waals surface area contributed by atoms with E-state index >= 15 is 0 Å². The molecule has 0 radical (unpaired) electrons. The first kappa shape index (κ1) is 11.5. The molecule has 0 saturated heterocycles. The molecule has 1 aliphatic rings. The number of aromatic hydroxyl groups is 1. The van der Waals surface area contributed by atoms with Crippen LogP contribution in [-0.4, -0.2) is 5.11 Å². The molecule has 0 bridgehead atoms. The third-order valence-electron chi connectivity index (χ3n) is 4.05. The highest BCUT2D eigenvalue weighted by Crippen LogP contribution is 2.39. The molecule has 0 aromatic heterocycles. The van der Waals surface area contributed by atoms with Crippen molar-refractivity contribution in [2.24, 2.45) is 5.92 Å². The minimum Gasteiger partial charge on any atom is -0.507 e. The molecule has 0 spiro atoms. The van der Waals surface area contributed by atoms with E-state index in [1.54, 1.807) is 0 Å². The van der Waals surface area contributed by atoms with Crippen LogP contribution in [0.25, 0.3) is 0 Å². The zero-order chi connectivity index (χ0) is 11.7. The van der Waals surface area contributed by atoms with Gasteiger partial charge in [0.25, 0.3) is 0 Å². The van der Waals surface area contributed by atoms with E-state index < -0.39 is 0 Å². The summed E-state index contributed by atoms with van der Waals surface area (Å²) in [5.74, 6) is 1.95. The molecule has 1 unspecified atom stereocenters. The van der Waals surface area contributed by atoms with Gasteiger partial charge >= 0.3 is 0 Å². The summed E-state index contributed by atoms with van der Waals surface area (Å²) < 4.78 is 0. The average molecular weight is 218 g/mol. The van der Waals surface area contributed by atoms with Crippen molar-refractivity contribution in [1.82, 2.24) is 0 Å². The number of rotatable bonds is 1. The molecule has 1 aliphatic carbocycles. The highest BCUT2D eigenvalue weighted by Gasteiger charge is 2.23. The van der Waals surface area contributed by atoms with E-state index in [9.17, 15) is 5.11 Å². The van der Waals surface area contributed by atoms with Crippen LogP contribution in [0.2, 0.25) is 0 Å². The second-order valence-corrected chi connectivity index (χ2v) is 5.37. The van der Waals surface area contributed by atoms with Gasteiger partial charge in [-0.05, 0) is 48.8 Å². The summed E-state index contributed by atoms with van der Waals surface area (Å²) in [4.78, 5) is 0. The SMILES string of the molecule is Cc1cc([C@H]2CCCCC2C)cc(C)c1O. The first-order valence-electron chi connectivity index (χ1n) is 6.39. The summed E-state index contributed by atoms with van der Waals surface area (Å²) in [6, 6.07) is 4.35. The molecule has 88 valence electrons. The number of benzene rings is 1. The van der Waals surface area contributed by atoms with Crippen LogP contribution in [0.5, 0.6) is 5.75 Å². The van der Waals surface area contributed by atoms with E-state index in [-0.39, 0.29) is 0 Å². The van der Waals surface area contributed by atoms with Gasteiger partial charge in [-0.1, -0.05) is 38.3 Å². The van der Waals surface area contributed by atoms with Crippen molar-refractivity contribution in [3.05, 3.63) is 28.8 Å². The lowest BCUT2D eigenvalue weighted by Gasteiger charge is -2.29. The fraction of sp³-hybridized carbons (Fsp3) is 0.600. The Morgan fingerprint density at radius 1 is 1.06 bits per heavy atom. The number of hydrogen-bond donors (Lipinski definition) is 1. The number of phenols is 1. The largest absolute Gasteiger partial charge is 0.507 e. The molecule has 0 aliphatic heterocycles. The van der Waals surface area contributed by atoms with Crippen LogP contribution in [-0.2, 0) is 0 Å². The van der Waals surface area contributed by atoms with Gasteiger partial charge < -0.3 is 5.11 Å². The van der Waals surface area contributed by atoms with E-state index in [0.29, 0.717) is 11.7 Å². The van der Waals surface area contributed by atoms with Crippen molar-refractivity contribution in [1.29, 1.82) is 0 Å². The van der Waals surface area contributed by atoms with Crippen LogP contribution < -0.4 is 0 Å². The van der Waals surface area contributed by atoms with Gasteiger partial charge in [-0.2, -0.15) is 0 Å². The molecular weight excluding hydrogens is 196 g/mol. The van der Waals surface area contributed by atoms with Crippen LogP contribution in [0.3, 0.4) is 0 Å². The van der Waals surface area contributed by atoms with Crippen LogP contribution in [0, 0.1) is 19.8 Å². The Labute approximate surface area is 98.5 Å². The summed E-state index contributed by atoms with van der Waals surface area (Å²) >= 11 is 0. The Bertz CT molecular complexity index is 358. The smallest absolute Gasteiger partial charge is 0.121 e. The Balaban J connectivity index is 2.32. The molecule has 16 heavy (non-hydrogen) atoms. The topological polar surface area (TPSA) is 20.2 Å². The van der Waals surface area contributed by atoms with Gasteiger partial charge in [-0.3, -0.25) is 0 Å². The van der Waals surface area contributed by atoms with Crippen LogP contribution in [0.15, 0.2) is 12.1 Å². The van der Waals surface area contributed by atoms with Crippen LogP contribution in [0.1, 0.15) is 55.2 Å². The van der Waals surface area contributed by atoms with Gasteiger partial charge in [-0.25, -0.2) is 0 Å². The molecule has 0 amide bonds. The number of phenolic OH excluding ortho intramolecular Hbond substituents is 1. The molecule has 2 atom stereocenters. The van der Waals surface area contributed by atoms with Gasteiger partial charge in [0.15, 0.2) is 0 Å². The van der Waals surface area contributed by atoms with Gasteiger partial charge in [0.05, 0.1) is 0 Å². The summed E-state index contributed by atoms with van der Waals surface area (Å²) in [5, 5.41) is 9.80. The molecule has 1 fully saturated rings. The quantitative estimate of drug-likeness (QED) is 0.745. The van der Waals surface area contributed by atoms with Crippen molar-refractivity contribution in [2.75, 3.05) is 0 Å². The fourth-order valence-electron chi connectivity index (χ4n) is 3.01. The Morgan fingerprint density at radius 2 is 1.62 bits per heavy atom. The molecule has 0 heterocycles. The molecule has 1 aromatic rings. The molecule has 2 rings (SSSR count). The van der Waals surface area contributed by atoms with E-state index in [1.807, 2.05) is 13.8 Å². The zero-order valence-electron chi connectivity index (χ0n) is 10.6. The summed E-state index contributed by atoms with van der Waals surface area (Å²) in [6.07, 6.45) is 5.40. The first-order valence-corrected chi connectivity index (χ1v) is 6.39. The van der Waals surface area contributed by atoms with Gasteiger partial charge in [0.2, 0.25) is 0 Å². The standard InChI is InChI=1S/C15H22O/c1-10-6-4-5-7-14(10)13-8-11(2)15(16)12(3)9-13/h8-10,14,16H,4-7H2,1-3H3/t10?,14-/m0/s1. The molecular formula is C15H22O. The molecule has 1 N–H and O–H groups in total. The number of aryl methyl sites for hydroxylation is 2. The van der Waals surface area contributed by atoms with Crippen molar-refractivity contribution < 1.29 is 5.11 Å². The van der Waals surface area contributed by atoms with Crippen LogP contribution >= 0.6 is 0 Å². The maximum absolute atomic E-state index is 9.80. The Morgan fingerprint density at radius 3 is 2.19 bits per heavy atom. The first-order chi connectivity index (χ1) is 7.59. The van der Waals surface area contributed by atoms with E-state index in [2.05, 4.69) is 19.1 Å². The lowest BCUT2D eigenvalue weighted by atomic mass is 9.76. The average Bonchev–Trinajstić information content (AvgIpc) is 2.26. The maximum atomic E-state index is 9.80. The Hall–Kier alpha value is -0.980. The van der Waals surface area contributed by atoms with Gasteiger partial charge in [0.1, 0.15) is 5.75 Å². The third-order valence-corrected chi connectivity index (χ3v) is 4.05. The highest BCUT2D eigenvalue weighted by molar-refractivity contribution is 5.43. The normalized spacial score (nSPS) is 25.7. The van der Waals surface area contributed by atoms with Crippen molar-refractivity contribution in [3.8, 4) is 5.75 Å². The van der Waals surface area contributed by atoms with Crippen molar-refractivity contribution in [2.45, 2.75) is 52.4 Å². The van der Waals surface area contributed by atoms with Gasteiger partial charge in [-0.15, -0.1) is 0 Å². The van der Waals surface area contributed by atoms with Crippen molar-refractivity contribution >= 4 is 0 Å². The van der Waals surface area contributed by atoms with Crippen molar-refractivity contribution in [3.63, 3.8) is 0 Å². The Kier molecular flexibility index (Phi) is 3.22. The zero-order valence-corrected chi connectivity index (χ0v) is 10.6. The molecule has 1 nitrogen and oxygen atoms in total. The summed E-state index contributed by atoms with van der Waals surface area (Å²) in [6.45, 7) is 6.36. The monoisotopic (exact) mass is 218 g/mol. The summed E-state index contributed by atoms with van der Waals surface area (Å²) in [5.41, 5.74) is 3.47. The van der Waals surface area contributed by atoms with E-state index in [1.165, 1.54) is 31.2 Å². The lowest BCUT2D eigenvalue weighted by Crippen LogP contribution is -2.15. The minimum absolute atomic E-state index is 0.465. The fourth-order valence-corrected chi connectivity index (χ4v) is 3.01. The molecule has 1 heteroatoms. The third kappa shape index (κ3) is 2.09. The molecule has 1 saturated carbocycles. The highest BCUT2D eigenvalue weighted by atomic mass is 16.3. The summed E-state index contributed by atoms with van der Waals surface area (Å²) in [7, 11) is 0. The second-order valence-electron chi connectivity index (χ2n) is 5.37. The predicted molar refractivity (Wildman–Crippen MR) is 68.0 cm³/mol. The van der Waals surface area contributed by atoms with Gasteiger partial charge in [0, 0.05) is 0 Å². The number of hydrogen-bond acceptors (Lipinski definition) is 1. The van der Waals surface area contributed by atoms with Crippen LogP contribution in [0.4, 0.5) is 0 Å². The minimum atomic E-state index is 0.465. The lowest BCUT2D eigenvalue weighted by molar-refractivity contribution is 0.330. The molecule has 1 aromatic carbocycles. The second kappa shape index (κ2) is 4.48. The van der Waals surface area contributed by atoms with E-state index in [4.69, 9.17) is 0 Å².